The molecule has 2 heterocycles. The van der Waals surface area contributed by atoms with Crippen molar-refractivity contribution in [2.45, 2.75) is 25.8 Å². The first-order valence-corrected chi connectivity index (χ1v) is 6.67. The third-order valence-electron chi connectivity index (χ3n) is 3.69. The van der Waals surface area contributed by atoms with E-state index in [1.54, 1.807) is 18.2 Å². The lowest BCUT2D eigenvalue weighted by Crippen LogP contribution is -2.26. The lowest BCUT2D eigenvalue weighted by molar-refractivity contribution is -0.142. The molecular formula is C15H16N2O3. The van der Waals surface area contributed by atoms with Crippen molar-refractivity contribution in [3.63, 3.8) is 0 Å². The quantitative estimate of drug-likeness (QED) is 0.893. The maximum atomic E-state index is 11.0. The van der Waals surface area contributed by atoms with Gasteiger partial charge >= 0.3 is 5.97 Å². The number of aliphatic carboxylic acids is 1. The van der Waals surface area contributed by atoms with Crippen LogP contribution in [0.4, 0.5) is 0 Å². The normalized spacial score (nSPS) is 17.7. The molecule has 20 heavy (non-hydrogen) atoms. The van der Waals surface area contributed by atoms with Crippen LogP contribution in [0.1, 0.15) is 23.5 Å². The van der Waals surface area contributed by atoms with Crippen LogP contribution >= 0.6 is 0 Å². The molecule has 2 N–H and O–H groups in total. The number of phenols is 1. The minimum absolute atomic E-state index is 0.248. The van der Waals surface area contributed by atoms with Gasteiger partial charge in [0, 0.05) is 25.6 Å². The summed E-state index contributed by atoms with van der Waals surface area (Å²) in [5.74, 6) is 0.152. The van der Waals surface area contributed by atoms with Gasteiger partial charge in [0.05, 0.1) is 11.6 Å². The van der Waals surface area contributed by atoms with Crippen LogP contribution < -0.4 is 0 Å². The molecule has 0 fully saturated rings. The van der Waals surface area contributed by atoms with Gasteiger partial charge in [0.25, 0.3) is 0 Å². The third kappa shape index (κ3) is 2.52. The first-order chi connectivity index (χ1) is 9.61. The average molecular weight is 272 g/mol. The van der Waals surface area contributed by atoms with Gasteiger partial charge in [-0.3, -0.25) is 4.79 Å². The number of aromatic nitrogens is 2. The molecule has 1 aliphatic heterocycles. The van der Waals surface area contributed by atoms with Crippen molar-refractivity contribution in [3.05, 3.63) is 47.5 Å². The Labute approximate surface area is 116 Å². The summed E-state index contributed by atoms with van der Waals surface area (Å²) in [6.45, 7) is 0.498. The number of fused-ring (bicyclic) bond motifs is 1. The van der Waals surface area contributed by atoms with Gasteiger partial charge in [0.2, 0.25) is 0 Å². The number of hydrogen-bond donors (Lipinski definition) is 2. The van der Waals surface area contributed by atoms with Crippen molar-refractivity contribution >= 4 is 5.97 Å². The van der Waals surface area contributed by atoms with E-state index in [1.807, 2.05) is 16.8 Å². The zero-order valence-electron chi connectivity index (χ0n) is 11.0. The van der Waals surface area contributed by atoms with E-state index >= 15 is 0 Å². The van der Waals surface area contributed by atoms with Crippen LogP contribution in [0, 0.1) is 5.92 Å². The number of aromatic hydroxyl groups is 1. The Kier molecular flexibility index (Phi) is 3.18. The summed E-state index contributed by atoms with van der Waals surface area (Å²) in [7, 11) is 0. The summed E-state index contributed by atoms with van der Waals surface area (Å²) in [6, 6.07) is 7.11. The van der Waals surface area contributed by atoms with Gasteiger partial charge in [-0.25, -0.2) is 4.98 Å². The number of rotatable bonds is 3. The van der Waals surface area contributed by atoms with Gasteiger partial charge in [-0.1, -0.05) is 12.1 Å². The van der Waals surface area contributed by atoms with E-state index in [9.17, 15) is 9.90 Å². The Balaban J connectivity index is 1.79. The van der Waals surface area contributed by atoms with E-state index in [1.165, 1.54) is 0 Å². The molecule has 104 valence electrons. The van der Waals surface area contributed by atoms with Crippen LogP contribution in [0.2, 0.25) is 0 Å². The molecule has 1 aromatic carbocycles. The van der Waals surface area contributed by atoms with Crippen LogP contribution in [-0.4, -0.2) is 25.7 Å². The minimum Gasteiger partial charge on any atom is -0.508 e. The third-order valence-corrected chi connectivity index (χ3v) is 3.69. The Morgan fingerprint density at radius 1 is 1.45 bits per heavy atom. The standard InChI is InChI=1S/C15H16N2O3/c18-13-3-1-2-10(7-13)6-12-9-17-8-11(15(19)20)4-5-14(17)16-12/h1-3,7,9,11,18H,4-6,8H2,(H,19,20). The summed E-state index contributed by atoms with van der Waals surface area (Å²) in [5.41, 5.74) is 1.91. The predicted molar refractivity (Wildman–Crippen MR) is 72.6 cm³/mol. The monoisotopic (exact) mass is 272 g/mol. The van der Waals surface area contributed by atoms with Gasteiger partial charge in [0.1, 0.15) is 11.6 Å². The van der Waals surface area contributed by atoms with Crippen LogP contribution in [-0.2, 0) is 24.2 Å². The highest BCUT2D eigenvalue weighted by molar-refractivity contribution is 5.70. The zero-order chi connectivity index (χ0) is 14.1. The van der Waals surface area contributed by atoms with Crippen molar-refractivity contribution in [1.29, 1.82) is 0 Å². The number of phenolic OH excluding ortho intramolecular Hbond substituents is 1. The molecule has 2 aromatic rings. The maximum Gasteiger partial charge on any atom is 0.308 e. The number of hydrogen-bond acceptors (Lipinski definition) is 3. The van der Waals surface area contributed by atoms with Gasteiger partial charge in [0.15, 0.2) is 0 Å². The van der Waals surface area contributed by atoms with E-state index in [0.29, 0.717) is 25.8 Å². The molecule has 5 nitrogen and oxygen atoms in total. The average Bonchev–Trinajstić information content (AvgIpc) is 2.79. The summed E-state index contributed by atoms with van der Waals surface area (Å²) in [5, 5.41) is 18.5. The fraction of sp³-hybridized carbons (Fsp3) is 0.333. The molecule has 1 aliphatic rings. The molecule has 0 spiro atoms. The highest BCUT2D eigenvalue weighted by Crippen LogP contribution is 2.22. The molecule has 0 aliphatic carbocycles. The number of nitrogens with zero attached hydrogens (tertiary/aromatic N) is 2. The van der Waals surface area contributed by atoms with E-state index < -0.39 is 5.97 Å². The molecule has 0 amide bonds. The second kappa shape index (κ2) is 5.00. The lowest BCUT2D eigenvalue weighted by atomic mass is 10.00. The number of imidazole rings is 1. The lowest BCUT2D eigenvalue weighted by Gasteiger charge is -2.19. The van der Waals surface area contributed by atoms with Crippen molar-refractivity contribution in [1.82, 2.24) is 9.55 Å². The zero-order valence-corrected chi connectivity index (χ0v) is 11.0. The summed E-state index contributed by atoms with van der Waals surface area (Å²) in [4.78, 5) is 15.6. The highest BCUT2D eigenvalue weighted by atomic mass is 16.4. The van der Waals surface area contributed by atoms with Crippen LogP contribution in [0.25, 0.3) is 0 Å². The van der Waals surface area contributed by atoms with Crippen molar-refractivity contribution in [2.75, 3.05) is 0 Å². The molecule has 0 bridgehead atoms. The number of carboxylic acids is 1. The molecule has 0 radical (unpaired) electrons. The van der Waals surface area contributed by atoms with E-state index in [0.717, 1.165) is 17.1 Å². The van der Waals surface area contributed by atoms with Gasteiger partial charge in [-0.2, -0.15) is 0 Å². The molecule has 3 rings (SSSR count). The Hall–Kier alpha value is -2.30. The fourth-order valence-electron chi connectivity index (χ4n) is 2.67. The Bertz CT molecular complexity index is 648. The summed E-state index contributed by atoms with van der Waals surface area (Å²) < 4.78 is 1.94. The maximum absolute atomic E-state index is 11.0. The van der Waals surface area contributed by atoms with Crippen LogP contribution in [0.3, 0.4) is 0 Å². The molecular weight excluding hydrogens is 256 g/mol. The van der Waals surface area contributed by atoms with Crippen molar-refractivity contribution in [3.8, 4) is 5.75 Å². The van der Waals surface area contributed by atoms with E-state index in [-0.39, 0.29) is 11.7 Å². The van der Waals surface area contributed by atoms with Gasteiger partial charge in [-0.05, 0) is 24.1 Å². The Morgan fingerprint density at radius 3 is 3.05 bits per heavy atom. The molecule has 1 atom stereocenters. The van der Waals surface area contributed by atoms with Gasteiger partial charge < -0.3 is 14.8 Å². The Morgan fingerprint density at radius 2 is 2.30 bits per heavy atom. The molecule has 0 saturated carbocycles. The van der Waals surface area contributed by atoms with Crippen molar-refractivity contribution in [2.24, 2.45) is 5.92 Å². The first-order valence-electron chi connectivity index (χ1n) is 6.67. The van der Waals surface area contributed by atoms with Crippen LogP contribution in [0.15, 0.2) is 30.5 Å². The molecule has 0 saturated heterocycles. The topological polar surface area (TPSA) is 75.3 Å². The van der Waals surface area contributed by atoms with Crippen molar-refractivity contribution < 1.29 is 15.0 Å². The number of carbonyl (C=O) groups is 1. The smallest absolute Gasteiger partial charge is 0.308 e. The molecule has 5 heteroatoms. The predicted octanol–water partition coefficient (Wildman–Crippen LogP) is 1.83. The number of carboxylic acid groups (broad SMARTS) is 1. The van der Waals surface area contributed by atoms with E-state index in [2.05, 4.69) is 4.98 Å². The molecule has 1 aromatic heterocycles. The van der Waals surface area contributed by atoms with Gasteiger partial charge in [-0.15, -0.1) is 0 Å². The van der Waals surface area contributed by atoms with E-state index in [4.69, 9.17) is 5.11 Å². The fourth-order valence-corrected chi connectivity index (χ4v) is 2.67. The SMILES string of the molecule is O=C(O)C1CCc2nc(Cc3cccc(O)c3)cn2C1. The second-order valence-electron chi connectivity index (χ2n) is 5.22. The number of benzene rings is 1. The summed E-state index contributed by atoms with van der Waals surface area (Å²) >= 11 is 0. The number of aryl methyl sites for hydroxylation is 1. The largest absolute Gasteiger partial charge is 0.508 e. The van der Waals surface area contributed by atoms with Crippen LogP contribution in [0.5, 0.6) is 5.75 Å². The highest BCUT2D eigenvalue weighted by Gasteiger charge is 2.25. The minimum atomic E-state index is -0.737. The first kappa shape index (κ1) is 12.7. The molecule has 1 unspecified atom stereocenters. The summed E-state index contributed by atoms with van der Waals surface area (Å²) in [6.07, 6.45) is 3.93. The second-order valence-corrected chi connectivity index (χ2v) is 5.22.